The highest BCUT2D eigenvalue weighted by Crippen LogP contribution is 2.40. The predicted octanol–water partition coefficient (Wildman–Crippen LogP) is 22.7. The maximum atomic E-state index is 12.5. The maximum Gasteiger partial charge on any atom is 0.224 e. The molecule has 12 nitrogen and oxygen atoms in total. The average molecular weight is 1430 g/mol. The minimum atomic E-state index is -0.156. The van der Waals surface area contributed by atoms with Crippen LogP contribution >= 0.6 is 0 Å². The summed E-state index contributed by atoms with van der Waals surface area (Å²) in [6.45, 7) is 72.3. The third kappa shape index (κ3) is 59.0. The fraction of sp³-hybridized carbons (Fsp3) is 0.844. The summed E-state index contributed by atoms with van der Waals surface area (Å²) < 4.78 is 0. The summed E-state index contributed by atoms with van der Waals surface area (Å²) in [4.78, 5) is 73.3. The quantitative estimate of drug-likeness (QED) is 0.0425. The molecule has 0 aromatic rings. The zero-order valence-corrected chi connectivity index (χ0v) is 73.2. The summed E-state index contributed by atoms with van der Waals surface area (Å²) in [5.41, 5.74) is 0.718. The van der Waals surface area contributed by atoms with E-state index in [0.29, 0.717) is 11.8 Å². The summed E-state index contributed by atoms with van der Waals surface area (Å²) in [5.74, 6) is 5.93. The van der Waals surface area contributed by atoms with Gasteiger partial charge < -0.3 is 31.9 Å². The molecule has 0 saturated heterocycles. The molecule has 0 heterocycles. The highest BCUT2D eigenvalue weighted by molar-refractivity contribution is 5.82. The van der Waals surface area contributed by atoms with Crippen LogP contribution in [0.3, 0.4) is 0 Å². The van der Waals surface area contributed by atoms with Crippen LogP contribution in [0.15, 0.2) is 48.6 Å². The first-order valence-corrected chi connectivity index (χ1v) is 40.6. The average Bonchev–Trinajstić information content (AvgIpc) is 1.16. The van der Waals surface area contributed by atoms with Crippen molar-refractivity contribution in [3.8, 4) is 0 Å². The highest BCUT2D eigenvalue weighted by atomic mass is 16.2. The Morgan fingerprint density at radius 1 is 0.373 bits per heavy atom. The van der Waals surface area contributed by atoms with Crippen molar-refractivity contribution in [1.29, 1.82) is 0 Å². The van der Waals surface area contributed by atoms with Gasteiger partial charge in [0.2, 0.25) is 35.4 Å². The number of carbonyl (C=O) groups excluding carboxylic acids is 6. The molecule has 4 saturated carbocycles. The molecule has 4 aliphatic carbocycles. The molecule has 6 atom stereocenters. The second-order valence-corrected chi connectivity index (χ2v) is 41.5. The Balaban J connectivity index is 0. The SMILES string of the molecule is C/C=C/CC(C(=O)NC(C)(C)C)C(C)(C)C.C/C=C/CC(C(=O)NC(C)(C)C)C(C)C.C/C=C/CC(CC(C)(C)C)C(=O)NC(C)(C)C.C=C(C)CC(CCC1CC1)C(=O)NC(C)(C)C.CC(C)(C)CC(CCC1CC1)C(=O)NC(C)(C)C.CC(C)(C)NC(=O)C(CCC1CC1)CC1CCCC1. The molecule has 102 heavy (non-hydrogen) atoms. The maximum absolute atomic E-state index is 12.5. The molecule has 0 spiro atoms. The van der Waals surface area contributed by atoms with Gasteiger partial charge >= 0.3 is 0 Å². The molecule has 6 N–H and O–H groups in total. The second kappa shape index (κ2) is 46.1. The normalized spacial score (nSPS) is 17.4. The first kappa shape index (κ1) is 99.8. The first-order chi connectivity index (χ1) is 46.2. The Morgan fingerprint density at radius 3 is 0.990 bits per heavy atom. The number of hydrogen-bond acceptors (Lipinski definition) is 6. The molecule has 4 fully saturated rings. The third-order valence-corrected chi connectivity index (χ3v) is 18.1. The van der Waals surface area contributed by atoms with Gasteiger partial charge in [0.15, 0.2) is 0 Å². The van der Waals surface area contributed by atoms with Crippen molar-refractivity contribution in [2.45, 2.75) is 409 Å². The van der Waals surface area contributed by atoms with Crippen LogP contribution in [0.1, 0.15) is 376 Å². The second-order valence-electron chi connectivity index (χ2n) is 41.5. The lowest BCUT2D eigenvalue weighted by molar-refractivity contribution is -0.130. The molecule has 6 amide bonds. The number of amides is 6. The third-order valence-electron chi connectivity index (χ3n) is 18.1. The van der Waals surface area contributed by atoms with Crippen molar-refractivity contribution in [3.63, 3.8) is 0 Å². The van der Waals surface area contributed by atoms with Crippen LogP contribution in [0.2, 0.25) is 0 Å². The summed E-state index contributed by atoms with van der Waals surface area (Å²) in [7, 11) is 0. The molecule has 0 bridgehead atoms. The van der Waals surface area contributed by atoms with Crippen LogP contribution in [0.5, 0.6) is 0 Å². The van der Waals surface area contributed by atoms with Crippen LogP contribution in [0.4, 0.5) is 0 Å². The summed E-state index contributed by atoms with van der Waals surface area (Å²) in [6, 6.07) is 0. The molecule has 0 aliphatic heterocycles. The van der Waals surface area contributed by atoms with E-state index >= 15 is 0 Å². The van der Waals surface area contributed by atoms with Crippen molar-refractivity contribution < 1.29 is 28.8 Å². The van der Waals surface area contributed by atoms with Gasteiger partial charge in [-0.25, -0.2) is 0 Å². The summed E-state index contributed by atoms with van der Waals surface area (Å²) >= 11 is 0. The lowest BCUT2D eigenvalue weighted by Gasteiger charge is -2.32. The summed E-state index contributed by atoms with van der Waals surface area (Å²) in [6.07, 6.45) is 39.2. The van der Waals surface area contributed by atoms with Crippen molar-refractivity contribution in [1.82, 2.24) is 31.9 Å². The zero-order chi connectivity index (χ0) is 79.6. The van der Waals surface area contributed by atoms with E-state index in [2.05, 4.69) is 174 Å². The minimum Gasteiger partial charge on any atom is -0.351 e. The van der Waals surface area contributed by atoms with Crippen molar-refractivity contribution in [3.05, 3.63) is 48.6 Å². The van der Waals surface area contributed by atoms with E-state index < -0.39 is 0 Å². The van der Waals surface area contributed by atoms with Crippen LogP contribution in [0.25, 0.3) is 0 Å². The van der Waals surface area contributed by atoms with Gasteiger partial charge in [0.05, 0.1) is 0 Å². The molecule has 0 aromatic heterocycles. The van der Waals surface area contributed by atoms with Crippen LogP contribution in [-0.4, -0.2) is 68.7 Å². The van der Waals surface area contributed by atoms with Crippen molar-refractivity contribution in [2.75, 3.05) is 0 Å². The topological polar surface area (TPSA) is 175 Å². The monoisotopic (exact) mass is 1430 g/mol. The van der Waals surface area contributed by atoms with Gasteiger partial charge in [-0.1, -0.05) is 182 Å². The largest absolute Gasteiger partial charge is 0.351 e. The molecule has 0 aromatic carbocycles. The van der Waals surface area contributed by atoms with Crippen LogP contribution < -0.4 is 31.9 Å². The van der Waals surface area contributed by atoms with E-state index in [9.17, 15) is 28.8 Å². The lowest BCUT2D eigenvalue weighted by atomic mass is 9.77. The van der Waals surface area contributed by atoms with E-state index in [1.54, 1.807) is 0 Å². The fourth-order valence-corrected chi connectivity index (χ4v) is 12.6. The van der Waals surface area contributed by atoms with E-state index in [1.165, 1.54) is 83.5 Å². The first-order valence-electron chi connectivity index (χ1n) is 40.6. The number of nitrogens with one attached hydrogen (secondary N) is 6. The summed E-state index contributed by atoms with van der Waals surface area (Å²) in [5, 5.41) is 18.6. The Labute approximate surface area is 632 Å². The van der Waals surface area contributed by atoms with Crippen molar-refractivity contribution in [2.24, 2.45) is 81.3 Å². The number of hydrogen-bond donors (Lipinski definition) is 6. The van der Waals surface area contributed by atoms with Gasteiger partial charge in [-0.15, -0.1) is 6.58 Å². The zero-order valence-electron chi connectivity index (χ0n) is 73.2. The predicted molar refractivity (Wildman–Crippen MR) is 441 cm³/mol. The molecule has 4 rings (SSSR count). The van der Waals surface area contributed by atoms with Crippen LogP contribution in [-0.2, 0) is 28.8 Å². The van der Waals surface area contributed by atoms with E-state index in [-0.39, 0.29) is 115 Å². The highest BCUT2D eigenvalue weighted by Gasteiger charge is 2.35. The molecule has 596 valence electrons. The molecule has 0 radical (unpaired) electrons. The molecular weight excluding hydrogens is 1260 g/mol. The van der Waals surface area contributed by atoms with Gasteiger partial charge in [-0.2, -0.15) is 0 Å². The van der Waals surface area contributed by atoms with Gasteiger partial charge in [0, 0.05) is 68.7 Å². The van der Waals surface area contributed by atoms with E-state index in [0.717, 1.165) is 93.5 Å². The fourth-order valence-electron chi connectivity index (χ4n) is 12.6. The Bertz CT molecular complexity index is 2490. The lowest BCUT2D eigenvalue weighted by Crippen LogP contribution is -2.46. The van der Waals surface area contributed by atoms with Gasteiger partial charge in [-0.3, -0.25) is 28.8 Å². The number of allylic oxidation sites excluding steroid dienone is 7. The van der Waals surface area contributed by atoms with Crippen molar-refractivity contribution >= 4 is 35.4 Å². The standard InChI is InChI=1S/C17H31NO.C16H31NO.C15H27NO.C15H29NO.C14H27NO.C13H25NO/c1-17(2,3)18-16(19)15(11-10-13-8-9-13)12-14-6-4-5-7-14;1-15(2,3)11-13(10-9-12-7-8-12)14(18)17-16(4,5)6;1-11(2)10-13(9-8-12-6-7-12)14(17)16-15(3,4)5;1-8-9-10-12(11-14(2,3)4)13(17)16-15(5,6)7;1-8-9-10-11(13(2,3)4)12(16)15-14(5,6)7;1-7-8-9-11(10(2)3)12(15)14-13(4,5)6/h13-15H,4-12H2,1-3H3,(H,18,19);12-13H,7-11H2,1-6H3,(H,17,18);12-13H,1,6-10H2,2-5H3,(H,16,17);8-9,12H,10-11H2,1-7H3,(H,16,17);8-9,11H,10H2,1-7H3,(H,15,16);7-8,10-11H,9H2,1-6H3,(H,14,15)/b;;;2*9-8+;8-7+. The number of rotatable bonds is 28. The molecule has 4 aliphatic rings. The van der Waals surface area contributed by atoms with Gasteiger partial charge in [0.25, 0.3) is 0 Å². The minimum absolute atomic E-state index is 0.00512. The molecular formula is C90H170N6O6. The van der Waals surface area contributed by atoms with E-state index in [1.807, 2.05) is 129 Å². The van der Waals surface area contributed by atoms with Gasteiger partial charge in [0.1, 0.15) is 0 Å². The van der Waals surface area contributed by atoms with Crippen LogP contribution in [0, 0.1) is 81.3 Å². The Morgan fingerprint density at radius 2 is 0.667 bits per heavy atom. The molecule has 6 unspecified atom stereocenters. The van der Waals surface area contributed by atoms with E-state index in [4.69, 9.17) is 0 Å². The Kier molecular flexibility index (Phi) is 45.1. The smallest absolute Gasteiger partial charge is 0.224 e. The number of carbonyl (C=O) groups is 6. The Hall–Kier alpha value is -4.22. The van der Waals surface area contributed by atoms with Gasteiger partial charge in [-0.05, 0) is 282 Å². The molecule has 12 heteroatoms.